The summed E-state index contributed by atoms with van der Waals surface area (Å²) in [6, 6.07) is 11.7. The lowest BCUT2D eigenvalue weighted by molar-refractivity contribution is -0.123. The van der Waals surface area contributed by atoms with E-state index < -0.39 is 12.2 Å². The van der Waals surface area contributed by atoms with Crippen LogP contribution in [0.2, 0.25) is 0 Å². The lowest BCUT2D eigenvalue weighted by Gasteiger charge is -2.37. The molecule has 3 heterocycles. The Morgan fingerprint density at radius 3 is 2.39 bits per heavy atom. The Labute approximate surface area is 210 Å². The zero-order valence-corrected chi connectivity index (χ0v) is 20.4. The highest BCUT2D eigenvalue weighted by atomic mass is 16.5. The van der Waals surface area contributed by atoms with Gasteiger partial charge in [0.2, 0.25) is 0 Å². The van der Waals surface area contributed by atoms with Crippen LogP contribution in [0.4, 0.5) is 21.9 Å². The number of piperazine rings is 1. The molecule has 1 unspecified atom stereocenters. The van der Waals surface area contributed by atoms with Crippen molar-refractivity contribution >= 4 is 29.1 Å². The van der Waals surface area contributed by atoms with Gasteiger partial charge in [-0.3, -0.25) is 4.79 Å². The number of hydrogen-bond donors (Lipinski definition) is 2. The van der Waals surface area contributed by atoms with Gasteiger partial charge in [-0.25, -0.2) is 4.79 Å². The normalized spacial score (nSPS) is 19.8. The molecule has 2 aromatic carbocycles. The van der Waals surface area contributed by atoms with Crippen LogP contribution >= 0.6 is 0 Å². The maximum absolute atomic E-state index is 13.1. The van der Waals surface area contributed by atoms with Crippen molar-refractivity contribution in [1.29, 1.82) is 0 Å². The second-order valence-electron chi connectivity index (χ2n) is 9.17. The number of nitrogens with zero attached hydrogens (tertiary/aromatic N) is 3. The van der Waals surface area contributed by atoms with E-state index in [2.05, 4.69) is 15.1 Å². The molecule has 10 nitrogen and oxygen atoms in total. The zero-order valence-electron chi connectivity index (χ0n) is 20.4. The van der Waals surface area contributed by atoms with E-state index in [9.17, 15) is 14.7 Å². The number of aryl methyl sites for hydroxylation is 1. The maximum Gasteiger partial charge on any atom is 0.407 e. The highest BCUT2D eigenvalue weighted by Crippen LogP contribution is 2.41. The van der Waals surface area contributed by atoms with Gasteiger partial charge in [-0.2, -0.15) is 0 Å². The summed E-state index contributed by atoms with van der Waals surface area (Å²) in [5, 5.41) is 12.3. The Morgan fingerprint density at radius 1 is 1.00 bits per heavy atom. The number of rotatable bonds is 5. The molecule has 2 aromatic rings. The number of amides is 2. The van der Waals surface area contributed by atoms with Crippen molar-refractivity contribution in [2.75, 3.05) is 74.7 Å². The third-order valence-corrected chi connectivity index (χ3v) is 6.99. The smallest absolute Gasteiger partial charge is 0.407 e. The predicted octanol–water partition coefficient (Wildman–Crippen LogP) is 2.66. The standard InChI is InChI=1S/C26H32N4O6/c1-34-21-16-18-2-7-23(36-24(18)22(17-21)29-8-10-30(11-9-29)26(32)33)25(31)27-19-3-5-20(6-4-19)28-12-14-35-15-13-28/h3-6,16-17,23H,2,7-15H2,1H3,(H,27,31)(H,32,33). The summed E-state index contributed by atoms with van der Waals surface area (Å²) in [6.45, 7) is 5.07. The van der Waals surface area contributed by atoms with Crippen LogP contribution in [0.25, 0.3) is 0 Å². The van der Waals surface area contributed by atoms with E-state index in [1.807, 2.05) is 36.4 Å². The largest absolute Gasteiger partial charge is 0.497 e. The first-order valence-corrected chi connectivity index (χ1v) is 12.4. The molecule has 192 valence electrons. The Kier molecular flexibility index (Phi) is 7.04. The Hall–Kier alpha value is -3.66. The number of carbonyl (C=O) groups is 2. The molecule has 2 amide bonds. The van der Waals surface area contributed by atoms with Crippen molar-refractivity contribution in [1.82, 2.24) is 4.90 Å². The van der Waals surface area contributed by atoms with E-state index in [0.717, 1.165) is 54.7 Å². The number of nitrogens with one attached hydrogen (secondary N) is 1. The third kappa shape index (κ3) is 5.13. The van der Waals surface area contributed by atoms with Crippen molar-refractivity contribution in [3.8, 4) is 11.5 Å². The van der Waals surface area contributed by atoms with Gasteiger partial charge in [0, 0.05) is 62.3 Å². The lowest BCUT2D eigenvalue weighted by atomic mass is 9.99. The fourth-order valence-electron chi connectivity index (χ4n) is 4.93. The van der Waals surface area contributed by atoms with Crippen molar-refractivity contribution in [3.05, 3.63) is 42.0 Å². The fraction of sp³-hybridized carbons (Fsp3) is 0.462. The van der Waals surface area contributed by atoms with Crippen LogP contribution < -0.4 is 24.6 Å². The average Bonchev–Trinajstić information content (AvgIpc) is 2.93. The van der Waals surface area contributed by atoms with Gasteiger partial charge in [-0.1, -0.05) is 0 Å². The van der Waals surface area contributed by atoms with Gasteiger partial charge in [0.1, 0.15) is 11.5 Å². The lowest BCUT2D eigenvalue weighted by Crippen LogP contribution is -2.48. The molecule has 2 N–H and O–H groups in total. The highest BCUT2D eigenvalue weighted by molar-refractivity contribution is 5.95. The van der Waals surface area contributed by atoms with Crippen molar-refractivity contribution < 1.29 is 28.9 Å². The molecule has 0 aliphatic carbocycles. The zero-order chi connectivity index (χ0) is 25.1. The first-order valence-electron chi connectivity index (χ1n) is 12.4. The van der Waals surface area contributed by atoms with Gasteiger partial charge in [0.25, 0.3) is 5.91 Å². The van der Waals surface area contributed by atoms with Crippen molar-refractivity contribution in [2.45, 2.75) is 18.9 Å². The number of anilines is 3. The van der Waals surface area contributed by atoms with E-state index >= 15 is 0 Å². The Balaban J connectivity index is 1.28. The molecule has 10 heteroatoms. The number of carboxylic acid groups (broad SMARTS) is 1. The van der Waals surface area contributed by atoms with Crippen LogP contribution in [0.1, 0.15) is 12.0 Å². The summed E-state index contributed by atoms with van der Waals surface area (Å²) in [5.41, 5.74) is 3.66. The van der Waals surface area contributed by atoms with Gasteiger partial charge in [0.05, 0.1) is 26.0 Å². The van der Waals surface area contributed by atoms with E-state index in [0.29, 0.717) is 44.8 Å². The number of methoxy groups -OCH3 is 1. The molecule has 3 aliphatic heterocycles. The molecule has 36 heavy (non-hydrogen) atoms. The number of fused-ring (bicyclic) bond motifs is 1. The van der Waals surface area contributed by atoms with Gasteiger partial charge in [0.15, 0.2) is 6.10 Å². The quantitative estimate of drug-likeness (QED) is 0.651. The van der Waals surface area contributed by atoms with Crippen molar-refractivity contribution in [2.24, 2.45) is 0 Å². The summed E-state index contributed by atoms with van der Waals surface area (Å²) in [7, 11) is 1.62. The predicted molar refractivity (Wildman–Crippen MR) is 136 cm³/mol. The van der Waals surface area contributed by atoms with Crippen LogP contribution in [-0.2, 0) is 16.0 Å². The van der Waals surface area contributed by atoms with E-state index in [1.54, 1.807) is 7.11 Å². The van der Waals surface area contributed by atoms with E-state index in [-0.39, 0.29) is 5.91 Å². The summed E-state index contributed by atoms with van der Waals surface area (Å²) in [6.07, 6.45) is -0.288. The maximum atomic E-state index is 13.1. The molecule has 1 atom stereocenters. The van der Waals surface area contributed by atoms with Crippen LogP contribution in [0.15, 0.2) is 36.4 Å². The van der Waals surface area contributed by atoms with Gasteiger partial charge in [-0.05, 0) is 43.2 Å². The molecule has 2 saturated heterocycles. The van der Waals surface area contributed by atoms with Crippen LogP contribution in [0.3, 0.4) is 0 Å². The minimum absolute atomic E-state index is 0.183. The topological polar surface area (TPSA) is 104 Å². The van der Waals surface area contributed by atoms with Crippen LogP contribution in [0, 0.1) is 0 Å². The van der Waals surface area contributed by atoms with Gasteiger partial charge < -0.3 is 39.3 Å². The molecule has 0 saturated carbocycles. The third-order valence-electron chi connectivity index (χ3n) is 6.99. The summed E-state index contributed by atoms with van der Waals surface area (Å²) in [4.78, 5) is 30.2. The second-order valence-corrected chi connectivity index (χ2v) is 9.17. The molecular weight excluding hydrogens is 464 g/mol. The molecule has 3 aliphatic rings. The van der Waals surface area contributed by atoms with Crippen LogP contribution in [-0.4, -0.2) is 87.7 Å². The summed E-state index contributed by atoms with van der Waals surface area (Å²) >= 11 is 0. The minimum atomic E-state index is -0.909. The van der Waals surface area contributed by atoms with Gasteiger partial charge >= 0.3 is 6.09 Å². The van der Waals surface area contributed by atoms with E-state index in [4.69, 9.17) is 14.2 Å². The summed E-state index contributed by atoms with van der Waals surface area (Å²) in [5.74, 6) is 1.21. The Bertz CT molecular complexity index is 1090. The van der Waals surface area contributed by atoms with Crippen LogP contribution in [0.5, 0.6) is 11.5 Å². The second kappa shape index (κ2) is 10.5. The monoisotopic (exact) mass is 496 g/mol. The molecule has 0 radical (unpaired) electrons. The first kappa shape index (κ1) is 24.1. The van der Waals surface area contributed by atoms with Gasteiger partial charge in [-0.15, -0.1) is 0 Å². The Morgan fingerprint density at radius 2 is 1.72 bits per heavy atom. The summed E-state index contributed by atoms with van der Waals surface area (Å²) < 4.78 is 17.2. The minimum Gasteiger partial charge on any atom is -0.497 e. The molecule has 2 fully saturated rings. The number of carbonyl (C=O) groups excluding carboxylic acids is 1. The van der Waals surface area contributed by atoms with Crippen molar-refractivity contribution in [3.63, 3.8) is 0 Å². The first-order chi connectivity index (χ1) is 17.5. The SMILES string of the molecule is COc1cc2c(c(N3CCN(C(=O)O)CC3)c1)OC(C(=O)Nc1ccc(N3CCOCC3)cc1)CC2. The fourth-order valence-corrected chi connectivity index (χ4v) is 4.93. The average molecular weight is 497 g/mol. The highest BCUT2D eigenvalue weighted by Gasteiger charge is 2.31. The molecule has 0 bridgehead atoms. The van der Waals surface area contributed by atoms with E-state index in [1.165, 1.54) is 4.90 Å². The molecular formula is C26H32N4O6. The number of morpholine rings is 1. The molecule has 0 spiro atoms. The number of benzene rings is 2. The molecule has 0 aromatic heterocycles. The molecule has 5 rings (SSSR count). The number of hydrogen-bond acceptors (Lipinski definition) is 7. The number of ether oxygens (including phenoxy) is 3.